The zero-order valence-corrected chi connectivity index (χ0v) is 8.64. The van der Waals surface area contributed by atoms with Crippen LogP contribution >= 0.6 is 11.6 Å². The largest absolute Gasteiger partial charge is 0.495 e. The Labute approximate surface area is 87.7 Å². The van der Waals surface area contributed by atoms with Crippen molar-refractivity contribution in [2.45, 2.75) is 0 Å². The Morgan fingerprint density at radius 3 is 2.93 bits per heavy atom. The summed E-state index contributed by atoms with van der Waals surface area (Å²) < 4.78 is 5.07. The van der Waals surface area contributed by atoms with Gasteiger partial charge in [0.15, 0.2) is 0 Å². The van der Waals surface area contributed by atoms with Crippen LogP contribution in [0.3, 0.4) is 0 Å². The fraction of sp³-hybridized carbons (Fsp3) is 0.300. The van der Waals surface area contributed by atoms with Crippen LogP contribution in [-0.4, -0.2) is 26.0 Å². The summed E-state index contributed by atoms with van der Waals surface area (Å²) in [6.45, 7) is 1.73. The maximum absolute atomic E-state index is 6.00. The SMILES string of the molecule is COc1ccc(C2=NCCN2)cc1Cl. The molecule has 0 saturated carbocycles. The van der Waals surface area contributed by atoms with Gasteiger partial charge >= 0.3 is 0 Å². The van der Waals surface area contributed by atoms with Gasteiger partial charge in [0.05, 0.1) is 18.7 Å². The molecule has 3 nitrogen and oxygen atoms in total. The van der Waals surface area contributed by atoms with Gasteiger partial charge < -0.3 is 10.1 Å². The summed E-state index contributed by atoms with van der Waals surface area (Å²) in [5, 5.41) is 3.80. The summed E-state index contributed by atoms with van der Waals surface area (Å²) in [5.74, 6) is 1.60. The average Bonchev–Trinajstić information content (AvgIpc) is 2.70. The lowest BCUT2D eigenvalue weighted by molar-refractivity contribution is 0.415. The highest BCUT2D eigenvalue weighted by molar-refractivity contribution is 6.32. The Balaban J connectivity index is 2.32. The van der Waals surface area contributed by atoms with Crippen LogP contribution in [0, 0.1) is 0 Å². The van der Waals surface area contributed by atoms with E-state index in [0.717, 1.165) is 24.5 Å². The molecule has 1 aromatic carbocycles. The number of methoxy groups -OCH3 is 1. The lowest BCUT2D eigenvalue weighted by Crippen LogP contribution is -2.19. The third-order valence-corrected chi connectivity index (χ3v) is 2.39. The van der Waals surface area contributed by atoms with Gasteiger partial charge in [-0.3, -0.25) is 4.99 Å². The van der Waals surface area contributed by atoms with Crippen molar-refractivity contribution in [3.63, 3.8) is 0 Å². The molecule has 0 amide bonds. The molecule has 4 heteroatoms. The maximum atomic E-state index is 6.00. The van der Waals surface area contributed by atoms with E-state index in [1.165, 1.54) is 0 Å². The van der Waals surface area contributed by atoms with Crippen molar-refractivity contribution >= 4 is 17.4 Å². The number of amidine groups is 1. The van der Waals surface area contributed by atoms with Gasteiger partial charge in [0.25, 0.3) is 0 Å². The highest BCUT2D eigenvalue weighted by Crippen LogP contribution is 2.25. The first-order valence-electron chi connectivity index (χ1n) is 4.43. The van der Waals surface area contributed by atoms with E-state index in [0.29, 0.717) is 10.8 Å². The van der Waals surface area contributed by atoms with Crippen LogP contribution in [0.4, 0.5) is 0 Å². The summed E-state index contributed by atoms with van der Waals surface area (Å²) in [6, 6.07) is 5.65. The Kier molecular flexibility index (Phi) is 2.59. The van der Waals surface area contributed by atoms with E-state index in [-0.39, 0.29) is 0 Å². The van der Waals surface area contributed by atoms with Gasteiger partial charge in [0.1, 0.15) is 11.6 Å². The minimum Gasteiger partial charge on any atom is -0.495 e. The second-order valence-electron chi connectivity index (χ2n) is 3.01. The molecule has 2 rings (SSSR count). The summed E-state index contributed by atoms with van der Waals surface area (Å²) in [7, 11) is 1.60. The van der Waals surface area contributed by atoms with Gasteiger partial charge in [-0.15, -0.1) is 0 Å². The molecule has 0 aliphatic carbocycles. The maximum Gasteiger partial charge on any atom is 0.137 e. The zero-order chi connectivity index (χ0) is 9.97. The number of hydrogen-bond donors (Lipinski definition) is 1. The van der Waals surface area contributed by atoms with Crippen molar-refractivity contribution in [3.8, 4) is 5.75 Å². The molecule has 1 aliphatic rings. The van der Waals surface area contributed by atoms with Gasteiger partial charge in [0.2, 0.25) is 0 Å². The predicted molar refractivity (Wildman–Crippen MR) is 57.4 cm³/mol. The fourth-order valence-electron chi connectivity index (χ4n) is 1.40. The van der Waals surface area contributed by atoms with Crippen LogP contribution in [-0.2, 0) is 0 Å². The number of aliphatic imine (C=N–C) groups is 1. The minimum absolute atomic E-state index is 0.612. The highest BCUT2D eigenvalue weighted by atomic mass is 35.5. The third kappa shape index (κ3) is 1.68. The molecular formula is C10H11ClN2O. The average molecular weight is 211 g/mol. The normalized spacial score (nSPS) is 14.9. The summed E-state index contributed by atoms with van der Waals surface area (Å²) in [4.78, 5) is 4.31. The van der Waals surface area contributed by atoms with E-state index >= 15 is 0 Å². The van der Waals surface area contributed by atoms with Gasteiger partial charge in [-0.05, 0) is 18.2 Å². The Hall–Kier alpha value is -1.22. The van der Waals surface area contributed by atoms with E-state index in [9.17, 15) is 0 Å². The van der Waals surface area contributed by atoms with Gasteiger partial charge in [-0.2, -0.15) is 0 Å². The lowest BCUT2D eigenvalue weighted by atomic mass is 10.2. The molecule has 0 aromatic heterocycles. The number of halogens is 1. The number of rotatable bonds is 2. The number of ether oxygens (including phenoxy) is 1. The fourth-order valence-corrected chi connectivity index (χ4v) is 1.66. The van der Waals surface area contributed by atoms with Crippen LogP contribution in [0.15, 0.2) is 23.2 Å². The van der Waals surface area contributed by atoms with Crippen molar-refractivity contribution in [1.29, 1.82) is 0 Å². The quantitative estimate of drug-likeness (QED) is 0.806. The summed E-state index contributed by atoms with van der Waals surface area (Å²) in [6.07, 6.45) is 0. The molecule has 0 saturated heterocycles. The summed E-state index contributed by atoms with van der Waals surface area (Å²) >= 11 is 6.00. The van der Waals surface area contributed by atoms with Crippen molar-refractivity contribution in [2.24, 2.45) is 4.99 Å². The standard InChI is InChI=1S/C10H11ClN2O/c1-14-9-3-2-7(6-8(9)11)10-12-4-5-13-10/h2-3,6H,4-5H2,1H3,(H,12,13). The van der Waals surface area contributed by atoms with Crippen LogP contribution in [0.2, 0.25) is 5.02 Å². The Bertz CT molecular complexity index is 376. The van der Waals surface area contributed by atoms with E-state index < -0.39 is 0 Å². The van der Waals surface area contributed by atoms with Crippen LogP contribution < -0.4 is 10.1 Å². The number of nitrogens with zero attached hydrogens (tertiary/aromatic N) is 1. The summed E-state index contributed by atoms with van der Waals surface area (Å²) in [5.41, 5.74) is 1.01. The van der Waals surface area contributed by atoms with Crippen molar-refractivity contribution < 1.29 is 4.74 Å². The second-order valence-corrected chi connectivity index (χ2v) is 3.41. The van der Waals surface area contributed by atoms with Crippen molar-refractivity contribution in [2.75, 3.05) is 20.2 Å². The van der Waals surface area contributed by atoms with E-state index in [1.807, 2.05) is 18.2 Å². The molecule has 0 radical (unpaired) electrons. The second kappa shape index (κ2) is 3.88. The molecule has 74 valence electrons. The molecule has 0 spiro atoms. The van der Waals surface area contributed by atoms with E-state index in [4.69, 9.17) is 16.3 Å². The molecule has 14 heavy (non-hydrogen) atoms. The zero-order valence-electron chi connectivity index (χ0n) is 7.88. The lowest BCUT2D eigenvalue weighted by Gasteiger charge is -2.06. The molecule has 1 aromatic rings. The Morgan fingerprint density at radius 1 is 1.50 bits per heavy atom. The predicted octanol–water partition coefficient (Wildman–Crippen LogP) is 1.70. The third-order valence-electron chi connectivity index (χ3n) is 2.10. The number of benzene rings is 1. The molecule has 1 aliphatic heterocycles. The molecule has 1 N–H and O–H groups in total. The van der Waals surface area contributed by atoms with Gasteiger partial charge in [0, 0.05) is 12.1 Å². The van der Waals surface area contributed by atoms with Crippen LogP contribution in [0.1, 0.15) is 5.56 Å². The smallest absolute Gasteiger partial charge is 0.137 e. The van der Waals surface area contributed by atoms with E-state index in [1.54, 1.807) is 7.11 Å². The molecule has 1 heterocycles. The van der Waals surface area contributed by atoms with Gasteiger partial charge in [-0.25, -0.2) is 0 Å². The van der Waals surface area contributed by atoms with Gasteiger partial charge in [-0.1, -0.05) is 11.6 Å². The number of hydrogen-bond acceptors (Lipinski definition) is 3. The monoisotopic (exact) mass is 210 g/mol. The van der Waals surface area contributed by atoms with E-state index in [2.05, 4.69) is 10.3 Å². The van der Waals surface area contributed by atoms with Crippen LogP contribution in [0.5, 0.6) is 5.75 Å². The topological polar surface area (TPSA) is 33.6 Å². The highest BCUT2D eigenvalue weighted by Gasteiger charge is 2.09. The molecule has 0 fully saturated rings. The molecular weight excluding hydrogens is 200 g/mol. The molecule has 0 atom stereocenters. The Morgan fingerprint density at radius 2 is 2.36 bits per heavy atom. The molecule has 0 unspecified atom stereocenters. The molecule has 0 bridgehead atoms. The first kappa shape index (κ1) is 9.34. The number of nitrogens with one attached hydrogen (secondary N) is 1. The van der Waals surface area contributed by atoms with Crippen LogP contribution in [0.25, 0.3) is 0 Å². The minimum atomic E-state index is 0.612. The first-order valence-corrected chi connectivity index (χ1v) is 4.81. The van der Waals surface area contributed by atoms with Crippen molar-refractivity contribution in [3.05, 3.63) is 28.8 Å². The van der Waals surface area contributed by atoms with Crippen molar-refractivity contribution in [1.82, 2.24) is 5.32 Å². The first-order chi connectivity index (χ1) is 6.81.